The number of likely N-dealkylation sites (tertiary alicyclic amines) is 1. The zero-order valence-corrected chi connectivity index (χ0v) is 12.3. The third kappa shape index (κ3) is 3.48. The van der Waals surface area contributed by atoms with Crippen LogP contribution >= 0.6 is 0 Å². The molecule has 0 radical (unpaired) electrons. The van der Waals surface area contributed by atoms with E-state index in [2.05, 4.69) is 11.7 Å². The van der Waals surface area contributed by atoms with Gasteiger partial charge in [0.2, 0.25) is 0 Å². The number of carbonyl (C=O) groups excluding carboxylic acids is 1. The van der Waals surface area contributed by atoms with Crippen molar-refractivity contribution in [3.05, 3.63) is 30.1 Å². The number of ether oxygens (including phenoxy) is 1. The van der Waals surface area contributed by atoms with Gasteiger partial charge >= 0.3 is 0 Å². The summed E-state index contributed by atoms with van der Waals surface area (Å²) in [6.07, 6.45) is 3.76. The molecule has 0 saturated carbocycles. The Hall–Kier alpha value is -1.62. The summed E-state index contributed by atoms with van der Waals surface area (Å²) in [6, 6.07) is 1.85. The normalized spacial score (nSPS) is 16.4. The van der Waals surface area contributed by atoms with Crippen LogP contribution in [0.15, 0.2) is 18.7 Å². The number of carbonyl (C=O) groups is 1. The van der Waals surface area contributed by atoms with Crippen molar-refractivity contribution in [3.8, 4) is 0 Å². The molecule has 1 saturated heterocycles. The van der Waals surface area contributed by atoms with Crippen LogP contribution in [0, 0.1) is 12.8 Å². The summed E-state index contributed by atoms with van der Waals surface area (Å²) < 4.78 is 7.22. The lowest BCUT2D eigenvalue weighted by Crippen LogP contribution is -2.39. The van der Waals surface area contributed by atoms with Crippen LogP contribution in [0.25, 0.3) is 0 Å². The molecule has 0 spiro atoms. The maximum Gasteiger partial charge on any atom is 0.274 e. The van der Waals surface area contributed by atoms with Crippen LogP contribution < -0.4 is 0 Å². The van der Waals surface area contributed by atoms with Crippen molar-refractivity contribution in [1.29, 1.82) is 0 Å². The van der Waals surface area contributed by atoms with Crippen LogP contribution in [0.5, 0.6) is 0 Å². The topological polar surface area (TPSA) is 47.4 Å². The zero-order chi connectivity index (χ0) is 14.5. The molecule has 110 valence electrons. The maximum absolute atomic E-state index is 12.3. The second-order valence-electron chi connectivity index (χ2n) is 5.36. The van der Waals surface area contributed by atoms with Crippen molar-refractivity contribution in [3.63, 3.8) is 0 Å². The van der Waals surface area contributed by atoms with Gasteiger partial charge in [0.25, 0.3) is 5.91 Å². The van der Waals surface area contributed by atoms with Crippen molar-refractivity contribution in [1.82, 2.24) is 14.7 Å². The third-order valence-electron chi connectivity index (χ3n) is 3.82. The van der Waals surface area contributed by atoms with Crippen molar-refractivity contribution >= 4 is 5.91 Å². The highest BCUT2D eigenvalue weighted by molar-refractivity contribution is 5.92. The van der Waals surface area contributed by atoms with Crippen molar-refractivity contribution in [2.75, 3.05) is 26.3 Å². The van der Waals surface area contributed by atoms with Gasteiger partial charge in [-0.3, -0.25) is 9.48 Å². The minimum absolute atomic E-state index is 0.0409. The highest BCUT2D eigenvalue weighted by Crippen LogP contribution is 2.19. The molecule has 1 aliphatic heterocycles. The Balaban J connectivity index is 1.84. The lowest BCUT2D eigenvalue weighted by Gasteiger charge is -2.31. The molecular weight excluding hydrogens is 254 g/mol. The van der Waals surface area contributed by atoms with Gasteiger partial charge in [0.15, 0.2) is 5.69 Å². The minimum atomic E-state index is 0.0409. The van der Waals surface area contributed by atoms with Crippen LogP contribution in [0.3, 0.4) is 0 Å². The zero-order valence-electron chi connectivity index (χ0n) is 12.3. The second-order valence-corrected chi connectivity index (χ2v) is 5.36. The number of amides is 1. The molecule has 1 aromatic heterocycles. The van der Waals surface area contributed by atoms with Crippen molar-refractivity contribution < 1.29 is 9.53 Å². The molecule has 5 heteroatoms. The quantitative estimate of drug-likeness (QED) is 0.609. The molecule has 1 aromatic rings. The number of hydrogen-bond donors (Lipinski definition) is 0. The summed E-state index contributed by atoms with van der Waals surface area (Å²) in [5.74, 6) is 0.587. The van der Waals surface area contributed by atoms with E-state index in [1.54, 1.807) is 10.8 Å². The van der Waals surface area contributed by atoms with E-state index in [1.807, 2.05) is 24.9 Å². The Kier molecular flexibility index (Phi) is 4.95. The van der Waals surface area contributed by atoms with Gasteiger partial charge in [0.05, 0.1) is 6.61 Å². The molecule has 0 atom stereocenters. The van der Waals surface area contributed by atoms with Gasteiger partial charge in [-0.25, -0.2) is 0 Å². The molecular formula is C15H23N3O2. The summed E-state index contributed by atoms with van der Waals surface area (Å²) in [7, 11) is 1.86. The first-order chi connectivity index (χ1) is 9.61. The van der Waals surface area contributed by atoms with Gasteiger partial charge in [-0.2, -0.15) is 5.10 Å². The highest BCUT2D eigenvalue weighted by Gasteiger charge is 2.25. The first-order valence-corrected chi connectivity index (χ1v) is 7.10. The standard InChI is InChI=1S/C15H23N3O2/c1-4-9-20-11-13-5-7-18(8-6-13)15(19)14-10-12(2)17(3)16-14/h4,10,13H,1,5-9,11H2,2-3H3. The molecule has 0 N–H and O–H groups in total. The molecule has 1 fully saturated rings. The molecule has 0 unspecified atom stereocenters. The fourth-order valence-electron chi connectivity index (χ4n) is 2.45. The smallest absolute Gasteiger partial charge is 0.274 e. The summed E-state index contributed by atoms with van der Waals surface area (Å²) in [5.41, 5.74) is 1.55. The van der Waals surface area contributed by atoms with E-state index >= 15 is 0 Å². The van der Waals surface area contributed by atoms with Gasteiger partial charge in [-0.15, -0.1) is 6.58 Å². The van der Waals surface area contributed by atoms with Gasteiger partial charge in [-0.05, 0) is 31.7 Å². The molecule has 5 nitrogen and oxygen atoms in total. The molecule has 1 aliphatic rings. The van der Waals surface area contributed by atoms with Crippen LogP contribution in [0.4, 0.5) is 0 Å². The number of nitrogens with zero attached hydrogens (tertiary/aromatic N) is 3. The fourth-order valence-corrected chi connectivity index (χ4v) is 2.45. The summed E-state index contributed by atoms with van der Waals surface area (Å²) in [5, 5.41) is 4.25. The molecule has 2 rings (SSSR count). The Bertz CT molecular complexity index is 454. The second kappa shape index (κ2) is 6.70. The Morgan fingerprint density at radius 1 is 1.55 bits per heavy atom. The number of rotatable bonds is 5. The average Bonchev–Trinajstić information content (AvgIpc) is 2.79. The van der Waals surface area contributed by atoms with E-state index in [0.717, 1.165) is 38.2 Å². The monoisotopic (exact) mass is 277 g/mol. The average molecular weight is 277 g/mol. The van der Waals surface area contributed by atoms with Gasteiger partial charge < -0.3 is 9.64 Å². The predicted octanol–water partition coefficient (Wildman–Crippen LogP) is 1.78. The predicted molar refractivity (Wildman–Crippen MR) is 77.6 cm³/mol. The summed E-state index contributed by atoms with van der Waals surface area (Å²) in [4.78, 5) is 14.2. The van der Waals surface area contributed by atoms with Crippen LogP contribution in [-0.2, 0) is 11.8 Å². The van der Waals surface area contributed by atoms with Crippen LogP contribution in [0.2, 0.25) is 0 Å². The van der Waals surface area contributed by atoms with Gasteiger partial charge in [0, 0.05) is 32.4 Å². The van der Waals surface area contributed by atoms with E-state index in [-0.39, 0.29) is 5.91 Å². The van der Waals surface area contributed by atoms with E-state index < -0.39 is 0 Å². The first-order valence-electron chi connectivity index (χ1n) is 7.10. The van der Waals surface area contributed by atoms with E-state index in [1.165, 1.54) is 0 Å². The van der Waals surface area contributed by atoms with E-state index in [4.69, 9.17) is 4.74 Å². The number of aryl methyl sites for hydroxylation is 2. The first kappa shape index (κ1) is 14.8. The minimum Gasteiger partial charge on any atom is -0.377 e. The Labute approximate surface area is 120 Å². The molecule has 0 aromatic carbocycles. The van der Waals surface area contributed by atoms with Crippen molar-refractivity contribution in [2.24, 2.45) is 13.0 Å². The van der Waals surface area contributed by atoms with E-state index in [9.17, 15) is 4.79 Å². The molecule has 1 amide bonds. The summed E-state index contributed by atoms with van der Waals surface area (Å²) >= 11 is 0. The Morgan fingerprint density at radius 3 is 2.80 bits per heavy atom. The van der Waals surface area contributed by atoms with Crippen LogP contribution in [-0.4, -0.2) is 46.9 Å². The molecule has 20 heavy (non-hydrogen) atoms. The maximum atomic E-state index is 12.3. The van der Waals surface area contributed by atoms with Gasteiger partial charge in [-0.1, -0.05) is 6.08 Å². The number of hydrogen-bond acceptors (Lipinski definition) is 3. The van der Waals surface area contributed by atoms with E-state index in [0.29, 0.717) is 18.2 Å². The van der Waals surface area contributed by atoms with Gasteiger partial charge in [0.1, 0.15) is 0 Å². The molecule has 0 bridgehead atoms. The molecule has 2 heterocycles. The Morgan fingerprint density at radius 2 is 2.25 bits per heavy atom. The molecule has 0 aliphatic carbocycles. The lowest BCUT2D eigenvalue weighted by molar-refractivity contribution is 0.0570. The summed E-state index contributed by atoms with van der Waals surface area (Å²) in [6.45, 7) is 8.53. The van der Waals surface area contributed by atoms with Crippen LogP contribution in [0.1, 0.15) is 29.0 Å². The fraction of sp³-hybridized carbons (Fsp3) is 0.600. The van der Waals surface area contributed by atoms with Crippen molar-refractivity contribution in [2.45, 2.75) is 19.8 Å². The number of aromatic nitrogens is 2. The SMILES string of the molecule is C=CCOCC1CCN(C(=O)c2cc(C)n(C)n2)CC1. The number of piperidine rings is 1. The highest BCUT2D eigenvalue weighted by atomic mass is 16.5. The largest absolute Gasteiger partial charge is 0.377 e. The lowest BCUT2D eigenvalue weighted by atomic mass is 9.97. The third-order valence-corrected chi connectivity index (χ3v) is 3.82.